The van der Waals surface area contributed by atoms with Crippen molar-refractivity contribution < 1.29 is 27.4 Å². The smallest absolute Gasteiger partial charge is 0.207 e. The van der Waals surface area contributed by atoms with Gasteiger partial charge < -0.3 is 14.2 Å². The van der Waals surface area contributed by atoms with Gasteiger partial charge in [-0.15, -0.1) is 6.58 Å². The minimum atomic E-state index is -1.17. The molecule has 170 valence electrons. The lowest BCUT2D eigenvalue weighted by Gasteiger charge is -2.24. The minimum absolute atomic E-state index is 0.0167. The zero-order valence-electron chi connectivity index (χ0n) is 18.2. The van der Waals surface area contributed by atoms with E-state index >= 15 is 0 Å². The topological polar surface area (TPSA) is 27.7 Å². The summed E-state index contributed by atoms with van der Waals surface area (Å²) in [5, 5.41) is 0. The Kier molecular flexibility index (Phi) is 6.77. The molecule has 32 heavy (non-hydrogen) atoms. The Bertz CT molecular complexity index is 1050. The first-order valence-electron chi connectivity index (χ1n) is 11.1. The van der Waals surface area contributed by atoms with Crippen LogP contribution in [-0.2, 0) is 6.42 Å². The number of hydrogen-bond donors (Lipinski definition) is 0. The fraction of sp³-hybridized carbons (Fsp3) is 0.385. The molecule has 3 nitrogen and oxygen atoms in total. The van der Waals surface area contributed by atoms with Gasteiger partial charge in [0.1, 0.15) is 6.61 Å². The molecule has 2 aromatic rings. The monoisotopic (exact) mass is 444 g/mol. The lowest BCUT2D eigenvalue weighted by Crippen LogP contribution is -2.13. The van der Waals surface area contributed by atoms with Gasteiger partial charge >= 0.3 is 0 Å². The Morgan fingerprint density at radius 1 is 1.06 bits per heavy atom. The van der Waals surface area contributed by atoms with Crippen molar-refractivity contribution in [2.75, 3.05) is 13.2 Å². The first kappa shape index (κ1) is 22.3. The first-order chi connectivity index (χ1) is 15.5. The van der Waals surface area contributed by atoms with E-state index < -0.39 is 17.5 Å². The summed E-state index contributed by atoms with van der Waals surface area (Å²) in [4.78, 5) is 0. The summed E-state index contributed by atoms with van der Waals surface area (Å²) in [5.74, 6) is -2.97. The predicted octanol–water partition coefficient (Wildman–Crippen LogP) is 7.27. The zero-order chi connectivity index (χ0) is 22.7. The third kappa shape index (κ3) is 4.50. The largest absolute Gasteiger partial charge is 0.491 e. The predicted molar refractivity (Wildman–Crippen MR) is 117 cm³/mol. The van der Waals surface area contributed by atoms with Crippen LogP contribution in [0, 0.1) is 23.4 Å². The van der Waals surface area contributed by atoms with Gasteiger partial charge in [0.15, 0.2) is 23.0 Å². The molecule has 1 aliphatic heterocycles. The molecule has 0 spiro atoms. The standard InChI is InChI=1S/C26H27F3O3/c1-3-5-6-16-7-9-17(10-8-16)15-31-21-14-19-13-18-11-12-20(30-4-2)23(28)25(18)32-26(19)24(29)22(21)27/h3,9,11-12,14,16H,1,4-8,10,13,15H2,2H3. The van der Waals surface area contributed by atoms with E-state index in [0.717, 1.165) is 37.7 Å². The van der Waals surface area contributed by atoms with Crippen LogP contribution in [-0.4, -0.2) is 13.2 Å². The fourth-order valence-electron chi connectivity index (χ4n) is 4.24. The molecule has 1 atom stereocenters. The Morgan fingerprint density at radius 3 is 2.59 bits per heavy atom. The highest BCUT2D eigenvalue weighted by atomic mass is 19.2. The lowest BCUT2D eigenvalue weighted by molar-refractivity contribution is 0.299. The van der Waals surface area contributed by atoms with E-state index in [1.165, 1.54) is 12.1 Å². The van der Waals surface area contributed by atoms with E-state index in [0.29, 0.717) is 17.0 Å². The van der Waals surface area contributed by atoms with Gasteiger partial charge in [-0.05, 0) is 62.7 Å². The summed E-state index contributed by atoms with van der Waals surface area (Å²) in [5.41, 5.74) is 2.04. The number of rotatable bonds is 8. The average Bonchev–Trinajstić information content (AvgIpc) is 2.81. The van der Waals surface area contributed by atoms with Crippen molar-refractivity contribution in [3.8, 4) is 23.0 Å². The van der Waals surface area contributed by atoms with Gasteiger partial charge in [-0.1, -0.05) is 18.2 Å². The van der Waals surface area contributed by atoms with Gasteiger partial charge in [0.25, 0.3) is 0 Å². The molecule has 0 saturated carbocycles. The van der Waals surface area contributed by atoms with Crippen molar-refractivity contribution in [2.24, 2.45) is 5.92 Å². The molecule has 4 rings (SSSR count). The molecule has 1 aliphatic carbocycles. The Balaban J connectivity index is 1.49. The molecule has 0 N–H and O–H groups in total. The van der Waals surface area contributed by atoms with Crippen molar-refractivity contribution in [1.29, 1.82) is 0 Å². The van der Waals surface area contributed by atoms with E-state index in [1.54, 1.807) is 13.0 Å². The molecule has 1 unspecified atom stereocenters. The minimum Gasteiger partial charge on any atom is -0.491 e. The zero-order valence-corrected chi connectivity index (χ0v) is 18.2. The van der Waals surface area contributed by atoms with Gasteiger partial charge in [0.05, 0.1) is 6.61 Å². The second-order valence-electron chi connectivity index (χ2n) is 8.23. The molecule has 2 aliphatic rings. The third-order valence-electron chi connectivity index (χ3n) is 6.04. The summed E-state index contributed by atoms with van der Waals surface area (Å²) >= 11 is 0. The van der Waals surface area contributed by atoms with Crippen molar-refractivity contribution in [2.45, 2.75) is 45.4 Å². The van der Waals surface area contributed by atoms with Crippen LogP contribution in [0.3, 0.4) is 0 Å². The third-order valence-corrected chi connectivity index (χ3v) is 6.04. The van der Waals surface area contributed by atoms with Crippen LogP contribution in [0.25, 0.3) is 0 Å². The maximum Gasteiger partial charge on any atom is 0.207 e. The number of halogens is 3. The van der Waals surface area contributed by atoms with Crippen LogP contribution in [0.1, 0.15) is 50.2 Å². The summed E-state index contributed by atoms with van der Waals surface area (Å²) in [7, 11) is 0. The highest BCUT2D eigenvalue weighted by molar-refractivity contribution is 5.55. The van der Waals surface area contributed by atoms with Crippen molar-refractivity contribution in [3.05, 3.63) is 71.1 Å². The van der Waals surface area contributed by atoms with Gasteiger partial charge in [-0.2, -0.15) is 13.2 Å². The van der Waals surface area contributed by atoms with Crippen LogP contribution in [0.5, 0.6) is 23.0 Å². The number of fused-ring (bicyclic) bond motifs is 2. The molecule has 2 aromatic carbocycles. The van der Waals surface area contributed by atoms with E-state index in [4.69, 9.17) is 14.2 Å². The number of allylic oxidation sites excluding steroid dienone is 2. The Hall–Kier alpha value is -2.89. The SMILES string of the molecule is C=CCCC1CC=C(COc2cc3c(c(F)c2F)Oc2c(ccc(OCC)c2F)C3)CC1. The van der Waals surface area contributed by atoms with E-state index in [2.05, 4.69) is 12.7 Å². The second kappa shape index (κ2) is 9.72. The molecule has 0 fully saturated rings. The summed E-state index contributed by atoms with van der Waals surface area (Å²) < 4.78 is 60.5. The summed E-state index contributed by atoms with van der Waals surface area (Å²) in [6, 6.07) is 4.63. The van der Waals surface area contributed by atoms with Crippen LogP contribution in [0.4, 0.5) is 13.2 Å². The normalized spacial score (nSPS) is 17.0. The maximum absolute atomic E-state index is 14.8. The number of hydrogen-bond acceptors (Lipinski definition) is 3. The maximum atomic E-state index is 14.8. The second-order valence-corrected chi connectivity index (χ2v) is 8.23. The quantitative estimate of drug-likeness (QED) is 0.342. The van der Waals surface area contributed by atoms with Crippen LogP contribution in [0.2, 0.25) is 0 Å². The number of ether oxygens (including phenoxy) is 3. The van der Waals surface area contributed by atoms with Crippen LogP contribution >= 0.6 is 0 Å². The molecular formula is C26H27F3O3. The molecule has 0 bridgehead atoms. The molecule has 6 heteroatoms. The number of benzene rings is 2. The van der Waals surface area contributed by atoms with Gasteiger partial charge in [-0.25, -0.2) is 0 Å². The highest BCUT2D eigenvalue weighted by Gasteiger charge is 2.29. The Morgan fingerprint density at radius 2 is 1.88 bits per heavy atom. The highest BCUT2D eigenvalue weighted by Crippen LogP contribution is 2.44. The average molecular weight is 444 g/mol. The fourth-order valence-corrected chi connectivity index (χ4v) is 4.24. The van der Waals surface area contributed by atoms with E-state index in [9.17, 15) is 13.2 Å². The molecule has 0 saturated heterocycles. The first-order valence-corrected chi connectivity index (χ1v) is 11.1. The van der Waals surface area contributed by atoms with Gasteiger partial charge in [0.2, 0.25) is 17.5 Å². The molecular weight excluding hydrogens is 417 g/mol. The summed E-state index contributed by atoms with van der Waals surface area (Å²) in [6.07, 6.45) is 9.31. The molecule has 1 heterocycles. The molecule has 0 amide bonds. The van der Waals surface area contributed by atoms with Crippen molar-refractivity contribution in [1.82, 2.24) is 0 Å². The lowest BCUT2D eigenvalue weighted by atomic mass is 9.87. The summed E-state index contributed by atoms with van der Waals surface area (Å²) in [6.45, 7) is 5.99. The van der Waals surface area contributed by atoms with Gasteiger partial charge in [-0.3, -0.25) is 0 Å². The van der Waals surface area contributed by atoms with Crippen molar-refractivity contribution >= 4 is 0 Å². The van der Waals surface area contributed by atoms with Crippen LogP contribution < -0.4 is 14.2 Å². The van der Waals surface area contributed by atoms with E-state index in [-0.39, 0.29) is 42.6 Å². The molecule has 0 aromatic heterocycles. The van der Waals surface area contributed by atoms with Gasteiger partial charge in [0, 0.05) is 17.5 Å². The van der Waals surface area contributed by atoms with Crippen LogP contribution in [0.15, 0.2) is 42.5 Å². The molecule has 0 radical (unpaired) electrons. The van der Waals surface area contributed by atoms with Crippen molar-refractivity contribution in [3.63, 3.8) is 0 Å². The van der Waals surface area contributed by atoms with E-state index in [1.807, 2.05) is 6.08 Å². The Labute approximate surface area is 186 Å².